The van der Waals surface area contributed by atoms with Gasteiger partial charge in [-0.15, -0.1) is 0 Å². The summed E-state index contributed by atoms with van der Waals surface area (Å²) >= 11 is 6.02. The number of methoxy groups -OCH3 is 1. The first kappa shape index (κ1) is 13.6. The van der Waals surface area contributed by atoms with Crippen LogP contribution in [-0.4, -0.2) is 26.6 Å². The van der Waals surface area contributed by atoms with E-state index in [9.17, 15) is 4.79 Å². The van der Waals surface area contributed by atoms with Crippen LogP contribution in [0.3, 0.4) is 0 Å². The average molecular weight is 257 g/mol. The van der Waals surface area contributed by atoms with Gasteiger partial charge in [0.25, 0.3) is 0 Å². The van der Waals surface area contributed by atoms with Gasteiger partial charge in [0.15, 0.2) is 0 Å². The number of halogens is 1. The van der Waals surface area contributed by atoms with E-state index in [1.165, 1.54) is 0 Å². The summed E-state index contributed by atoms with van der Waals surface area (Å²) < 4.78 is 5.11. The molecule has 0 unspecified atom stereocenters. The molecule has 0 fully saturated rings. The van der Waals surface area contributed by atoms with Crippen LogP contribution in [0.15, 0.2) is 18.2 Å². The summed E-state index contributed by atoms with van der Waals surface area (Å²) in [4.78, 5) is 11.0. The minimum Gasteiger partial charge on any atom is -0.497 e. The van der Waals surface area contributed by atoms with Crippen LogP contribution in [0.5, 0.6) is 5.75 Å². The van der Waals surface area contributed by atoms with E-state index in [-0.39, 0.29) is 5.91 Å². The molecule has 0 aromatic heterocycles. The van der Waals surface area contributed by atoms with Crippen molar-refractivity contribution in [2.24, 2.45) is 0 Å². The second-order valence-corrected chi connectivity index (χ2v) is 3.96. The number of anilines is 1. The van der Waals surface area contributed by atoms with Crippen molar-refractivity contribution in [3.8, 4) is 5.75 Å². The van der Waals surface area contributed by atoms with E-state index in [2.05, 4.69) is 10.6 Å². The Kier molecular flexibility index (Phi) is 5.63. The fraction of sp³-hybridized carbons (Fsp3) is 0.417. The molecule has 1 aromatic carbocycles. The van der Waals surface area contributed by atoms with Crippen LogP contribution in [0, 0.1) is 0 Å². The summed E-state index contributed by atoms with van der Waals surface area (Å²) in [5, 5.41) is 6.40. The van der Waals surface area contributed by atoms with Crippen molar-refractivity contribution in [3.63, 3.8) is 0 Å². The van der Waals surface area contributed by atoms with E-state index in [1.807, 2.05) is 6.07 Å². The Balaban J connectivity index is 2.43. The summed E-state index contributed by atoms with van der Waals surface area (Å²) in [5.41, 5.74) is 0.822. The van der Waals surface area contributed by atoms with Crippen LogP contribution in [0.4, 0.5) is 5.69 Å². The fourth-order valence-corrected chi connectivity index (χ4v) is 1.55. The highest BCUT2D eigenvalue weighted by Gasteiger charge is 2.02. The van der Waals surface area contributed by atoms with Crippen molar-refractivity contribution in [2.45, 2.75) is 12.8 Å². The first-order valence-corrected chi connectivity index (χ1v) is 5.83. The predicted molar refractivity (Wildman–Crippen MR) is 69.8 cm³/mol. The molecular formula is C12H17ClN2O2. The number of nitrogens with one attached hydrogen (secondary N) is 2. The SMILES string of the molecule is CNC(=O)CCCNc1cc(OC)ccc1Cl. The molecule has 1 amide bonds. The Hall–Kier alpha value is -1.42. The molecule has 1 rings (SSSR count). The lowest BCUT2D eigenvalue weighted by atomic mass is 10.2. The lowest BCUT2D eigenvalue weighted by Gasteiger charge is -2.09. The van der Waals surface area contributed by atoms with Crippen LogP contribution in [-0.2, 0) is 4.79 Å². The molecule has 0 spiro atoms. The number of amides is 1. The smallest absolute Gasteiger partial charge is 0.219 e. The number of benzene rings is 1. The third kappa shape index (κ3) is 4.53. The molecule has 94 valence electrons. The maximum atomic E-state index is 11.0. The van der Waals surface area contributed by atoms with Crippen molar-refractivity contribution >= 4 is 23.2 Å². The van der Waals surface area contributed by atoms with Gasteiger partial charge < -0.3 is 15.4 Å². The summed E-state index contributed by atoms with van der Waals surface area (Å²) in [6.45, 7) is 0.695. The Labute approximate surface area is 106 Å². The zero-order valence-corrected chi connectivity index (χ0v) is 10.8. The summed E-state index contributed by atoms with van der Waals surface area (Å²) in [5.74, 6) is 0.798. The molecule has 0 saturated heterocycles. The van der Waals surface area contributed by atoms with Gasteiger partial charge >= 0.3 is 0 Å². The van der Waals surface area contributed by atoms with Crippen molar-refractivity contribution in [3.05, 3.63) is 23.2 Å². The van der Waals surface area contributed by atoms with Crippen LogP contribution in [0.1, 0.15) is 12.8 Å². The standard InChI is InChI=1S/C12H17ClN2O2/c1-14-12(16)4-3-7-15-11-8-9(17-2)5-6-10(11)13/h5-6,8,15H,3-4,7H2,1-2H3,(H,14,16). The minimum absolute atomic E-state index is 0.0449. The number of rotatable bonds is 6. The lowest BCUT2D eigenvalue weighted by Crippen LogP contribution is -2.18. The average Bonchev–Trinajstić information content (AvgIpc) is 2.36. The van der Waals surface area contributed by atoms with Crippen molar-refractivity contribution in [2.75, 3.05) is 26.0 Å². The second kappa shape index (κ2) is 7.01. The molecule has 0 aliphatic carbocycles. The van der Waals surface area contributed by atoms with Gasteiger partial charge in [0.2, 0.25) is 5.91 Å². The summed E-state index contributed by atoms with van der Waals surface area (Å²) in [6, 6.07) is 5.42. The monoisotopic (exact) mass is 256 g/mol. The normalized spacial score (nSPS) is 9.82. The van der Waals surface area contributed by atoms with Crippen LogP contribution < -0.4 is 15.4 Å². The molecule has 0 atom stereocenters. The maximum Gasteiger partial charge on any atom is 0.219 e. The third-order valence-electron chi connectivity index (χ3n) is 2.35. The molecule has 2 N–H and O–H groups in total. The van der Waals surface area contributed by atoms with Gasteiger partial charge in [-0.3, -0.25) is 4.79 Å². The van der Waals surface area contributed by atoms with Gasteiger partial charge in [0.05, 0.1) is 17.8 Å². The first-order valence-electron chi connectivity index (χ1n) is 5.45. The van der Waals surface area contributed by atoms with Crippen molar-refractivity contribution < 1.29 is 9.53 Å². The number of hydrogen-bond donors (Lipinski definition) is 2. The van der Waals surface area contributed by atoms with E-state index in [4.69, 9.17) is 16.3 Å². The highest BCUT2D eigenvalue weighted by atomic mass is 35.5. The lowest BCUT2D eigenvalue weighted by molar-refractivity contribution is -0.120. The predicted octanol–water partition coefficient (Wildman–Crippen LogP) is 2.29. The summed E-state index contributed by atoms with van der Waals surface area (Å²) in [6.07, 6.45) is 1.26. The number of carbonyl (C=O) groups is 1. The highest BCUT2D eigenvalue weighted by molar-refractivity contribution is 6.33. The van der Waals surface area contributed by atoms with E-state index in [0.29, 0.717) is 18.0 Å². The van der Waals surface area contributed by atoms with Gasteiger partial charge in [0, 0.05) is 26.1 Å². The Bertz CT molecular complexity index is 383. The Morgan fingerprint density at radius 2 is 2.24 bits per heavy atom. The molecule has 5 heteroatoms. The number of ether oxygens (including phenoxy) is 1. The second-order valence-electron chi connectivity index (χ2n) is 3.55. The fourth-order valence-electron chi connectivity index (χ4n) is 1.36. The molecule has 17 heavy (non-hydrogen) atoms. The molecule has 4 nitrogen and oxygen atoms in total. The van der Waals surface area contributed by atoms with Gasteiger partial charge in [-0.1, -0.05) is 11.6 Å². The maximum absolute atomic E-state index is 11.0. The zero-order valence-electron chi connectivity index (χ0n) is 10.0. The zero-order chi connectivity index (χ0) is 12.7. The van der Waals surface area contributed by atoms with Crippen molar-refractivity contribution in [1.29, 1.82) is 0 Å². The number of hydrogen-bond acceptors (Lipinski definition) is 3. The molecule has 0 aliphatic rings. The van der Waals surface area contributed by atoms with E-state index < -0.39 is 0 Å². The van der Waals surface area contributed by atoms with Crippen LogP contribution in [0.2, 0.25) is 5.02 Å². The van der Waals surface area contributed by atoms with E-state index >= 15 is 0 Å². The third-order valence-corrected chi connectivity index (χ3v) is 2.68. The minimum atomic E-state index is 0.0449. The summed E-state index contributed by atoms with van der Waals surface area (Å²) in [7, 11) is 3.24. The van der Waals surface area contributed by atoms with Crippen LogP contribution in [0.25, 0.3) is 0 Å². The van der Waals surface area contributed by atoms with E-state index in [1.54, 1.807) is 26.3 Å². The largest absolute Gasteiger partial charge is 0.497 e. The van der Waals surface area contributed by atoms with E-state index in [0.717, 1.165) is 17.9 Å². The van der Waals surface area contributed by atoms with Crippen molar-refractivity contribution in [1.82, 2.24) is 5.32 Å². The molecule has 0 saturated carbocycles. The molecule has 0 heterocycles. The van der Waals surface area contributed by atoms with Gasteiger partial charge in [0.1, 0.15) is 5.75 Å². The van der Waals surface area contributed by atoms with Crippen LogP contribution >= 0.6 is 11.6 Å². The molecule has 0 bridgehead atoms. The number of carbonyl (C=O) groups excluding carboxylic acids is 1. The Morgan fingerprint density at radius 1 is 1.47 bits per heavy atom. The molecule has 0 aliphatic heterocycles. The van der Waals surface area contributed by atoms with Gasteiger partial charge in [-0.05, 0) is 18.6 Å². The highest BCUT2D eigenvalue weighted by Crippen LogP contribution is 2.26. The quantitative estimate of drug-likeness (QED) is 0.768. The molecule has 0 radical (unpaired) electrons. The van der Waals surface area contributed by atoms with Gasteiger partial charge in [-0.2, -0.15) is 0 Å². The first-order chi connectivity index (χ1) is 8.17. The topological polar surface area (TPSA) is 50.4 Å². The molecular weight excluding hydrogens is 240 g/mol. The Morgan fingerprint density at radius 3 is 2.88 bits per heavy atom. The van der Waals surface area contributed by atoms with Gasteiger partial charge in [-0.25, -0.2) is 0 Å². The molecule has 1 aromatic rings.